The summed E-state index contributed by atoms with van der Waals surface area (Å²) in [6, 6.07) is 0. The van der Waals surface area contributed by atoms with E-state index < -0.39 is 67.8 Å². The van der Waals surface area contributed by atoms with Crippen LogP contribution in [0.5, 0.6) is 0 Å². The van der Waals surface area contributed by atoms with Gasteiger partial charge in [-0.15, -0.1) is 0 Å². The van der Waals surface area contributed by atoms with E-state index in [0.717, 1.165) is 0 Å². The summed E-state index contributed by atoms with van der Waals surface area (Å²) in [7, 11) is 0. The number of ketones is 1. The quantitative estimate of drug-likeness (QED) is 0.235. The first-order valence-corrected chi connectivity index (χ1v) is 6.25. The molecule has 0 bridgehead atoms. The van der Waals surface area contributed by atoms with Crippen LogP contribution in [0, 0.1) is 0 Å². The van der Waals surface area contributed by atoms with Gasteiger partial charge in [-0.05, 0) is 0 Å². The Balaban J connectivity index is 2.85. The first kappa shape index (κ1) is 18.4. The van der Waals surface area contributed by atoms with Gasteiger partial charge >= 0.3 is 0 Å². The summed E-state index contributed by atoms with van der Waals surface area (Å²) in [5, 5.41) is 74.5. The van der Waals surface area contributed by atoms with Gasteiger partial charge in [0.15, 0.2) is 5.78 Å². The van der Waals surface area contributed by atoms with Crippen molar-refractivity contribution in [3.05, 3.63) is 0 Å². The van der Waals surface area contributed by atoms with Gasteiger partial charge in [0.25, 0.3) is 0 Å². The number of ether oxygens (including phenoxy) is 1. The summed E-state index contributed by atoms with van der Waals surface area (Å²) in [6.45, 7) is -1.67. The normalized spacial score (nSPS) is 37.8. The maximum Gasteiger partial charge on any atom is 0.195 e. The summed E-state index contributed by atoms with van der Waals surface area (Å²) >= 11 is 0. The number of aliphatic hydroxyl groups is 8. The molecule has 0 aromatic carbocycles. The van der Waals surface area contributed by atoms with Crippen LogP contribution in [-0.2, 0) is 9.53 Å². The van der Waals surface area contributed by atoms with Crippen LogP contribution in [0.2, 0.25) is 0 Å². The van der Waals surface area contributed by atoms with E-state index in [0.29, 0.717) is 0 Å². The van der Waals surface area contributed by atoms with Crippen LogP contribution in [0.25, 0.3) is 0 Å². The van der Waals surface area contributed by atoms with Gasteiger partial charge < -0.3 is 45.6 Å². The Labute approximate surface area is 119 Å². The largest absolute Gasteiger partial charge is 0.394 e. The number of aliphatic hydroxyl groups excluding tert-OH is 8. The van der Waals surface area contributed by atoms with Crippen molar-refractivity contribution in [1.29, 1.82) is 0 Å². The zero-order chi connectivity index (χ0) is 16.3. The van der Waals surface area contributed by atoms with Crippen molar-refractivity contribution in [3.63, 3.8) is 0 Å². The summed E-state index contributed by atoms with van der Waals surface area (Å²) in [6.07, 6.45) is -14.6. The summed E-state index contributed by atoms with van der Waals surface area (Å²) in [5.41, 5.74) is 0. The minimum atomic E-state index is -2.20. The first-order valence-electron chi connectivity index (χ1n) is 6.25. The van der Waals surface area contributed by atoms with Crippen molar-refractivity contribution in [2.45, 2.75) is 48.8 Å². The van der Waals surface area contributed by atoms with Crippen molar-refractivity contribution in [2.75, 3.05) is 13.2 Å². The molecular weight excluding hydrogens is 292 g/mol. The molecule has 0 amide bonds. The molecule has 0 radical (unpaired) electrons. The Morgan fingerprint density at radius 3 is 2.05 bits per heavy atom. The van der Waals surface area contributed by atoms with Crippen molar-refractivity contribution in [2.24, 2.45) is 0 Å². The summed E-state index contributed by atoms with van der Waals surface area (Å²) in [5.74, 6) is -1.27. The zero-order valence-electron chi connectivity index (χ0n) is 10.9. The molecule has 8 N–H and O–H groups in total. The number of carbonyl (C=O) groups excluding carboxylic acids is 1. The standard InChI is InChI=1S/C11H20O10/c12-1-3(14)5(15)7(17)9(19)11-10(20)8(18)6(16)4(2-13)21-11/h3-8,10-18,20H,1-2H2/t3-,4-,5-,6+,7+,8+,10-,11?/m1/s1. The molecule has 0 spiro atoms. The van der Waals surface area contributed by atoms with Gasteiger partial charge in [-0.3, -0.25) is 4.79 Å². The van der Waals surface area contributed by atoms with E-state index in [2.05, 4.69) is 0 Å². The average Bonchev–Trinajstić information content (AvgIpc) is 2.50. The van der Waals surface area contributed by atoms with Gasteiger partial charge in [0, 0.05) is 0 Å². The van der Waals surface area contributed by atoms with Crippen LogP contribution in [0.15, 0.2) is 0 Å². The first-order chi connectivity index (χ1) is 9.76. The Morgan fingerprint density at radius 1 is 1.00 bits per heavy atom. The van der Waals surface area contributed by atoms with E-state index in [1.165, 1.54) is 0 Å². The number of hydrogen-bond acceptors (Lipinski definition) is 10. The molecule has 10 nitrogen and oxygen atoms in total. The molecule has 0 aromatic rings. The molecule has 8 atom stereocenters. The Hall–Kier alpha value is -0.690. The van der Waals surface area contributed by atoms with Crippen molar-refractivity contribution >= 4 is 5.78 Å². The summed E-state index contributed by atoms with van der Waals surface area (Å²) in [4.78, 5) is 11.9. The van der Waals surface area contributed by atoms with Gasteiger partial charge in [-0.2, -0.15) is 0 Å². The number of carbonyl (C=O) groups is 1. The third kappa shape index (κ3) is 3.74. The third-order valence-corrected chi connectivity index (χ3v) is 3.37. The topological polar surface area (TPSA) is 188 Å². The molecule has 1 aliphatic heterocycles. The van der Waals surface area contributed by atoms with E-state index in [1.807, 2.05) is 0 Å². The maximum absolute atomic E-state index is 11.9. The van der Waals surface area contributed by atoms with Crippen LogP contribution in [-0.4, -0.2) is 109 Å². The number of Topliss-reactive ketones (excluding diaryl/α,β-unsaturated/α-hetero) is 1. The molecule has 0 aliphatic carbocycles. The Morgan fingerprint density at radius 2 is 1.57 bits per heavy atom. The molecular formula is C11H20O10. The predicted molar refractivity (Wildman–Crippen MR) is 63.9 cm³/mol. The lowest BCUT2D eigenvalue weighted by molar-refractivity contribution is -0.230. The zero-order valence-corrected chi connectivity index (χ0v) is 10.9. The number of rotatable bonds is 6. The van der Waals surface area contributed by atoms with Crippen molar-refractivity contribution in [1.82, 2.24) is 0 Å². The minimum Gasteiger partial charge on any atom is -0.394 e. The van der Waals surface area contributed by atoms with Gasteiger partial charge in [-0.1, -0.05) is 0 Å². The lowest BCUT2D eigenvalue weighted by Crippen LogP contribution is -2.63. The highest BCUT2D eigenvalue weighted by Crippen LogP contribution is 2.23. The molecule has 0 saturated carbocycles. The third-order valence-electron chi connectivity index (χ3n) is 3.37. The highest BCUT2D eigenvalue weighted by atomic mass is 16.5. The summed E-state index contributed by atoms with van der Waals surface area (Å²) < 4.78 is 4.90. The average molecular weight is 312 g/mol. The monoisotopic (exact) mass is 312 g/mol. The second-order valence-corrected chi connectivity index (χ2v) is 4.84. The Kier molecular flexibility index (Phi) is 6.59. The second kappa shape index (κ2) is 7.54. The van der Waals surface area contributed by atoms with E-state index in [1.54, 1.807) is 0 Å². The van der Waals surface area contributed by atoms with Crippen molar-refractivity contribution in [3.8, 4) is 0 Å². The molecule has 1 heterocycles. The fraction of sp³-hybridized carbons (Fsp3) is 0.909. The van der Waals surface area contributed by atoms with Crippen LogP contribution in [0.3, 0.4) is 0 Å². The fourth-order valence-corrected chi connectivity index (χ4v) is 1.99. The van der Waals surface area contributed by atoms with E-state index >= 15 is 0 Å². The molecule has 10 heteroatoms. The van der Waals surface area contributed by atoms with Crippen LogP contribution >= 0.6 is 0 Å². The lowest BCUT2D eigenvalue weighted by Gasteiger charge is -2.40. The fourth-order valence-electron chi connectivity index (χ4n) is 1.99. The van der Waals surface area contributed by atoms with Gasteiger partial charge in [0.05, 0.1) is 13.2 Å². The van der Waals surface area contributed by atoms with Gasteiger partial charge in [0.1, 0.15) is 48.8 Å². The second-order valence-electron chi connectivity index (χ2n) is 4.84. The van der Waals surface area contributed by atoms with Crippen LogP contribution in [0.1, 0.15) is 0 Å². The minimum absolute atomic E-state index is 0.757. The molecule has 21 heavy (non-hydrogen) atoms. The van der Waals surface area contributed by atoms with E-state index in [-0.39, 0.29) is 0 Å². The molecule has 124 valence electrons. The predicted octanol–water partition coefficient (Wildman–Crippen LogP) is -5.53. The molecule has 1 rings (SSSR count). The SMILES string of the molecule is O=C(C1O[C@H](CO)[C@H](O)[C@H](O)[C@H]1O)[C@@H](O)[C@H](O)[C@H](O)CO. The molecule has 1 unspecified atom stereocenters. The molecule has 1 fully saturated rings. The van der Waals surface area contributed by atoms with Crippen LogP contribution < -0.4 is 0 Å². The van der Waals surface area contributed by atoms with E-state index in [4.69, 9.17) is 20.1 Å². The Bertz CT molecular complexity index is 348. The highest BCUT2D eigenvalue weighted by molar-refractivity contribution is 5.88. The number of hydrogen-bond donors (Lipinski definition) is 8. The molecule has 1 aliphatic rings. The maximum atomic E-state index is 11.9. The van der Waals surface area contributed by atoms with Gasteiger partial charge in [-0.25, -0.2) is 0 Å². The smallest absolute Gasteiger partial charge is 0.195 e. The van der Waals surface area contributed by atoms with Crippen molar-refractivity contribution < 1.29 is 50.4 Å². The lowest BCUT2D eigenvalue weighted by atomic mass is 9.90. The van der Waals surface area contributed by atoms with E-state index in [9.17, 15) is 30.3 Å². The molecule has 1 saturated heterocycles. The molecule has 0 aromatic heterocycles. The van der Waals surface area contributed by atoms with Gasteiger partial charge in [0.2, 0.25) is 0 Å². The van der Waals surface area contributed by atoms with Crippen LogP contribution in [0.4, 0.5) is 0 Å². The highest BCUT2D eigenvalue weighted by Gasteiger charge is 2.48.